The van der Waals surface area contributed by atoms with Crippen molar-refractivity contribution >= 4 is 0 Å². The van der Waals surface area contributed by atoms with Gasteiger partial charge in [-0.2, -0.15) is 5.21 Å². The van der Waals surface area contributed by atoms with Crippen molar-refractivity contribution in [2.45, 2.75) is 65.2 Å². The summed E-state index contributed by atoms with van der Waals surface area (Å²) in [6.45, 7) is 9.37. The van der Waals surface area contributed by atoms with Crippen LogP contribution in [-0.2, 0) is 11.8 Å². The number of hydrogen-bond acceptors (Lipinski definition) is 6. The summed E-state index contributed by atoms with van der Waals surface area (Å²) in [5.74, 6) is 2.13. The van der Waals surface area contributed by atoms with Crippen LogP contribution < -0.4 is 39.0 Å². The van der Waals surface area contributed by atoms with Crippen LogP contribution in [0, 0.1) is 0 Å². The summed E-state index contributed by atoms with van der Waals surface area (Å²) in [6, 6.07) is 3.52. The third-order valence-electron chi connectivity index (χ3n) is 4.48. The zero-order chi connectivity index (χ0) is 19.0. The topological polar surface area (TPSA) is 93.2 Å². The number of H-pyrrole nitrogens is 1. The van der Waals surface area contributed by atoms with Crippen molar-refractivity contribution < 1.29 is 45.6 Å². The van der Waals surface area contributed by atoms with Crippen LogP contribution in [0.2, 0.25) is 0 Å². The fraction of sp³-hybridized carbons (Fsp3) is 0.632. The van der Waals surface area contributed by atoms with E-state index in [1.54, 1.807) is 6.07 Å². The average Bonchev–Trinajstić information content (AvgIpc) is 3.15. The second kappa shape index (κ2) is 11.5. The molecular weight excluding hydrogens is 355 g/mol. The minimum absolute atomic E-state index is 0. The van der Waals surface area contributed by atoms with Gasteiger partial charge in [0, 0.05) is 11.5 Å². The molecule has 0 aliphatic carbocycles. The van der Waals surface area contributed by atoms with E-state index < -0.39 is 0 Å². The molecule has 0 spiro atoms. The van der Waals surface area contributed by atoms with Gasteiger partial charge in [-0.05, 0) is 37.8 Å². The zero-order valence-corrected chi connectivity index (χ0v) is 19.2. The number of rotatable bonds is 11. The average molecular weight is 386 g/mol. The Kier molecular flexibility index (Phi) is 10.1. The summed E-state index contributed by atoms with van der Waals surface area (Å²) in [7, 11) is 0. The van der Waals surface area contributed by atoms with Gasteiger partial charge in [0.05, 0.1) is 13.2 Å². The van der Waals surface area contributed by atoms with Gasteiger partial charge in [-0.25, -0.2) is 0 Å². The summed E-state index contributed by atoms with van der Waals surface area (Å²) in [5.41, 5.74) is 0.967. The van der Waals surface area contributed by atoms with Crippen LogP contribution in [0.3, 0.4) is 0 Å². The maximum absolute atomic E-state index is 10.0. The molecule has 0 atom stereocenters. The van der Waals surface area contributed by atoms with Crippen LogP contribution >= 0.6 is 0 Å². The third kappa shape index (κ3) is 6.97. The molecule has 0 fully saturated rings. The van der Waals surface area contributed by atoms with E-state index in [1.165, 1.54) is 0 Å². The predicted octanol–water partition coefficient (Wildman–Crippen LogP) is 0.900. The molecule has 2 aromatic rings. The molecule has 0 aliphatic heterocycles. The second-order valence-electron chi connectivity index (χ2n) is 6.99. The Bertz CT molecular complexity index is 684. The van der Waals surface area contributed by atoms with Crippen molar-refractivity contribution in [3.8, 4) is 17.2 Å². The normalized spacial score (nSPS) is 11.1. The van der Waals surface area contributed by atoms with E-state index in [-0.39, 0.29) is 42.1 Å². The number of unbranched alkanes of at least 4 members (excludes halogenated alkanes) is 2. The van der Waals surface area contributed by atoms with E-state index in [1.807, 2.05) is 13.0 Å². The first-order valence-corrected chi connectivity index (χ1v) is 9.33. The number of ether oxygens (including phenoxy) is 2. The van der Waals surface area contributed by atoms with Crippen molar-refractivity contribution in [1.29, 1.82) is 0 Å². The van der Waals surface area contributed by atoms with Gasteiger partial charge in [0.1, 0.15) is 5.75 Å². The Balaban J connectivity index is 0.00000364. The van der Waals surface area contributed by atoms with E-state index in [2.05, 4.69) is 41.4 Å². The van der Waals surface area contributed by atoms with Gasteiger partial charge < -0.3 is 16.0 Å². The van der Waals surface area contributed by atoms with Crippen molar-refractivity contribution in [2.75, 3.05) is 13.2 Å². The Hall–Kier alpha value is -1.31. The molecule has 2 N–H and O–H groups in total. The molecular formula is C19H31N4NaO3. The fourth-order valence-electron chi connectivity index (χ4n) is 2.86. The van der Waals surface area contributed by atoms with Crippen LogP contribution in [0.5, 0.6) is 17.2 Å². The van der Waals surface area contributed by atoms with E-state index in [4.69, 9.17) is 9.47 Å². The molecule has 1 heterocycles. The van der Waals surface area contributed by atoms with Crippen LogP contribution in [0.1, 0.15) is 66.2 Å². The van der Waals surface area contributed by atoms with Crippen molar-refractivity contribution in [3.63, 3.8) is 0 Å². The van der Waals surface area contributed by atoms with Crippen molar-refractivity contribution in [2.24, 2.45) is 0 Å². The predicted molar refractivity (Wildman–Crippen MR) is 101 cm³/mol. The molecule has 0 unspecified atom stereocenters. The second-order valence-corrected chi connectivity index (χ2v) is 6.99. The molecule has 1 aromatic heterocycles. The fourth-order valence-corrected chi connectivity index (χ4v) is 2.86. The van der Waals surface area contributed by atoms with Gasteiger partial charge in [0.2, 0.25) is 0 Å². The largest absolute Gasteiger partial charge is 1.00 e. The maximum Gasteiger partial charge on any atom is 1.00 e. The number of phenols is 1. The number of aromatic amines is 1. The molecule has 7 nitrogen and oxygen atoms in total. The smallest absolute Gasteiger partial charge is 1.00 e. The first-order chi connectivity index (χ1) is 12.5. The quantitative estimate of drug-likeness (QED) is 0.440. The van der Waals surface area contributed by atoms with E-state index in [0.29, 0.717) is 19.0 Å². The van der Waals surface area contributed by atoms with Gasteiger partial charge in [0.15, 0.2) is 17.3 Å². The molecule has 0 amide bonds. The van der Waals surface area contributed by atoms with Crippen LogP contribution in [0.25, 0.3) is 0 Å². The van der Waals surface area contributed by atoms with Crippen LogP contribution in [0.4, 0.5) is 0 Å². The third-order valence-corrected chi connectivity index (χ3v) is 4.48. The van der Waals surface area contributed by atoms with Crippen LogP contribution in [-0.4, -0.2) is 38.9 Å². The van der Waals surface area contributed by atoms with Crippen LogP contribution in [0.15, 0.2) is 12.1 Å². The van der Waals surface area contributed by atoms with E-state index >= 15 is 0 Å². The molecule has 1 aromatic carbocycles. The molecule has 0 saturated heterocycles. The maximum atomic E-state index is 10.0. The number of aromatic hydroxyl groups is 1. The van der Waals surface area contributed by atoms with E-state index in [0.717, 1.165) is 49.2 Å². The molecule has 0 saturated carbocycles. The van der Waals surface area contributed by atoms with E-state index in [9.17, 15) is 5.11 Å². The number of benzene rings is 1. The number of aromatic nitrogens is 4. The summed E-state index contributed by atoms with van der Waals surface area (Å²) in [6.07, 6.45) is 4.91. The minimum Gasteiger partial charge on any atom is -1.00 e. The minimum atomic E-state index is -0.0792. The first-order valence-electron chi connectivity index (χ1n) is 9.33. The zero-order valence-electron chi connectivity index (χ0n) is 18.2. The summed E-state index contributed by atoms with van der Waals surface area (Å²) >= 11 is 0. The molecule has 27 heavy (non-hydrogen) atoms. The van der Waals surface area contributed by atoms with Crippen molar-refractivity contribution in [3.05, 3.63) is 23.5 Å². The molecule has 8 heteroatoms. The van der Waals surface area contributed by atoms with Gasteiger partial charge >= 0.3 is 29.6 Å². The number of nitrogens with one attached hydrogen (secondary N) is 1. The number of phenolic OH excluding ortho intramolecular Hbond substituents is 1. The summed E-state index contributed by atoms with van der Waals surface area (Å²) < 4.78 is 11.3. The number of tetrazole rings is 1. The Morgan fingerprint density at radius 1 is 1.11 bits per heavy atom. The standard InChI is InChI=1S/C19H30N4O3.Na.H/c1-5-14-12-17(25-6-2)15(24)13-16(14)26-11-9-7-8-10-19(3,4)18-20-22-23-21-18;;/h12-13,24H,5-11H2,1-4H3,(H,20,21,22,23);;/q;+1;-1. The number of nitrogens with zero attached hydrogens (tertiary/aromatic N) is 3. The Labute approximate surface area is 185 Å². The summed E-state index contributed by atoms with van der Waals surface area (Å²) in [4.78, 5) is 0. The molecule has 146 valence electrons. The van der Waals surface area contributed by atoms with Gasteiger partial charge in [-0.1, -0.05) is 38.8 Å². The molecule has 0 aliphatic rings. The SMILES string of the molecule is CCOc1cc(CC)c(OCCCCCC(C)(C)c2nn[nH]n2)cc1O.[H-].[Na+]. The molecule has 2 rings (SSSR count). The van der Waals surface area contributed by atoms with Gasteiger partial charge in [-0.3, -0.25) is 0 Å². The first kappa shape index (κ1) is 23.7. The monoisotopic (exact) mass is 386 g/mol. The Morgan fingerprint density at radius 2 is 1.89 bits per heavy atom. The molecule has 0 radical (unpaired) electrons. The Morgan fingerprint density at radius 3 is 2.52 bits per heavy atom. The summed E-state index contributed by atoms with van der Waals surface area (Å²) in [5, 5.41) is 24.4. The van der Waals surface area contributed by atoms with Gasteiger partial charge in [-0.15, -0.1) is 10.2 Å². The number of aryl methyl sites for hydroxylation is 1. The number of hydrogen-bond donors (Lipinski definition) is 2. The molecule has 0 bridgehead atoms. The van der Waals surface area contributed by atoms with Gasteiger partial charge in [0.25, 0.3) is 0 Å². The van der Waals surface area contributed by atoms with Crippen molar-refractivity contribution in [1.82, 2.24) is 20.6 Å².